The van der Waals surface area contributed by atoms with Crippen LogP contribution >= 0.6 is 31.9 Å². The maximum atomic E-state index is 9.62. The number of hydrogen-bond donors (Lipinski definition) is 2. The lowest BCUT2D eigenvalue weighted by molar-refractivity contribution is 0.473. The molecule has 16 heavy (non-hydrogen) atoms. The van der Waals surface area contributed by atoms with Crippen LogP contribution in [0.2, 0.25) is 0 Å². The van der Waals surface area contributed by atoms with Crippen molar-refractivity contribution in [1.29, 1.82) is 0 Å². The third-order valence-corrected chi connectivity index (χ3v) is 3.76. The van der Waals surface area contributed by atoms with Crippen molar-refractivity contribution in [2.75, 3.05) is 0 Å². The van der Waals surface area contributed by atoms with Crippen LogP contribution in [0.3, 0.4) is 0 Å². The van der Waals surface area contributed by atoms with Crippen LogP contribution in [-0.2, 0) is 0 Å². The van der Waals surface area contributed by atoms with E-state index in [1.165, 1.54) is 0 Å². The van der Waals surface area contributed by atoms with Crippen molar-refractivity contribution < 1.29 is 5.11 Å². The Morgan fingerprint density at radius 2 is 1.69 bits per heavy atom. The van der Waals surface area contributed by atoms with Gasteiger partial charge in [0.1, 0.15) is 5.75 Å². The Labute approximate surface area is 109 Å². The highest BCUT2D eigenvalue weighted by Gasteiger charge is 2.07. The average Bonchev–Trinajstić information content (AvgIpc) is 2.57. The van der Waals surface area contributed by atoms with Crippen LogP contribution in [0.25, 0.3) is 21.8 Å². The number of H-pyrrole nitrogens is 1. The van der Waals surface area contributed by atoms with Gasteiger partial charge in [0.15, 0.2) is 0 Å². The largest absolute Gasteiger partial charge is 0.507 e. The van der Waals surface area contributed by atoms with E-state index in [1.54, 1.807) is 6.07 Å². The first kappa shape index (κ1) is 10.2. The summed E-state index contributed by atoms with van der Waals surface area (Å²) in [7, 11) is 0. The molecule has 4 heteroatoms. The fourth-order valence-corrected chi connectivity index (χ4v) is 2.59. The minimum Gasteiger partial charge on any atom is -0.507 e. The van der Waals surface area contributed by atoms with Crippen LogP contribution < -0.4 is 0 Å². The molecular formula is C12H7Br2NO. The van der Waals surface area contributed by atoms with Gasteiger partial charge in [0.25, 0.3) is 0 Å². The Hall–Kier alpha value is -1.00. The molecule has 0 saturated heterocycles. The molecule has 0 saturated carbocycles. The minimum atomic E-state index is 0.248. The Balaban J connectivity index is 2.53. The molecule has 0 atom stereocenters. The number of aromatic amines is 1. The quantitative estimate of drug-likeness (QED) is 0.618. The maximum absolute atomic E-state index is 9.62. The Morgan fingerprint density at radius 1 is 0.938 bits per heavy atom. The van der Waals surface area contributed by atoms with Gasteiger partial charge in [-0.25, -0.2) is 0 Å². The van der Waals surface area contributed by atoms with Gasteiger partial charge in [0, 0.05) is 26.8 Å². The molecule has 0 unspecified atom stereocenters. The highest BCUT2D eigenvalue weighted by atomic mass is 79.9. The predicted molar refractivity (Wildman–Crippen MR) is 72.9 cm³/mol. The second kappa shape index (κ2) is 3.50. The van der Waals surface area contributed by atoms with E-state index in [4.69, 9.17) is 0 Å². The Morgan fingerprint density at radius 3 is 2.50 bits per heavy atom. The Bertz CT molecular complexity index is 703. The molecule has 80 valence electrons. The third kappa shape index (κ3) is 1.44. The average molecular weight is 341 g/mol. The summed E-state index contributed by atoms with van der Waals surface area (Å²) in [6.07, 6.45) is 0. The lowest BCUT2D eigenvalue weighted by Gasteiger charge is -1.97. The number of nitrogens with one attached hydrogen (secondary N) is 1. The van der Waals surface area contributed by atoms with E-state index in [-0.39, 0.29) is 5.75 Å². The molecule has 0 amide bonds. The zero-order valence-electron chi connectivity index (χ0n) is 8.09. The van der Waals surface area contributed by atoms with Crippen molar-refractivity contribution in [3.05, 3.63) is 39.3 Å². The van der Waals surface area contributed by atoms with Crippen molar-refractivity contribution in [3.63, 3.8) is 0 Å². The van der Waals surface area contributed by atoms with Crippen LogP contribution in [0.15, 0.2) is 39.3 Å². The van der Waals surface area contributed by atoms with Gasteiger partial charge in [0.2, 0.25) is 0 Å². The number of phenols is 1. The van der Waals surface area contributed by atoms with Crippen LogP contribution in [-0.4, -0.2) is 10.1 Å². The molecule has 2 aromatic carbocycles. The number of benzene rings is 2. The Kier molecular flexibility index (Phi) is 2.23. The molecule has 0 fully saturated rings. The fourth-order valence-electron chi connectivity index (χ4n) is 1.88. The molecule has 0 spiro atoms. The first-order valence-corrected chi connectivity index (χ1v) is 6.33. The highest BCUT2D eigenvalue weighted by molar-refractivity contribution is 9.10. The number of phenolic OH excluding ortho intramolecular Hbond substituents is 1. The summed E-state index contributed by atoms with van der Waals surface area (Å²) >= 11 is 6.79. The van der Waals surface area contributed by atoms with Crippen LogP contribution in [0, 0.1) is 0 Å². The van der Waals surface area contributed by atoms with Crippen molar-refractivity contribution in [2.45, 2.75) is 0 Å². The molecule has 1 aromatic heterocycles. The number of hydrogen-bond acceptors (Lipinski definition) is 1. The molecule has 0 bridgehead atoms. The van der Waals surface area contributed by atoms with Gasteiger partial charge in [-0.1, -0.05) is 15.9 Å². The summed E-state index contributed by atoms with van der Waals surface area (Å²) in [5, 5.41) is 11.9. The molecule has 3 aromatic rings. The molecular weight excluding hydrogens is 334 g/mol. The standard InChI is InChI=1S/C12H7Br2NO/c13-6-1-2-10-7(3-6)8-4-9(14)12(16)5-11(8)15-10/h1-5,15-16H. The first-order chi connectivity index (χ1) is 7.65. The van der Waals surface area contributed by atoms with Crippen molar-refractivity contribution in [1.82, 2.24) is 4.98 Å². The zero-order valence-corrected chi connectivity index (χ0v) is 11.3. The number of rotatable bonds is 0. The molecule has 1 heterocycles. The van der Waals surface area contributed by atoms with E-state index in [1.807, 2.05) is 18.2 Å². The van der Waals surface area contributed by atoms with Crippen molar-refractivity contribution >= 4 is 53.7 Å². The normalized spacial score (nSPS) is 11.4. The van der Waals surface area contributed by atoms with Gasteiger partial charge in [-0.05, 0) is 40.2 Å². The molecule has 2 nitrogen and oxygen atoms in total. The summed E-state index contributed by atoms with van der Waals surface area (Å²) in [6.45, 7) is 0. The molecule has 3 rings (SSSR count). The van der Waals surface area contributed by atoms with Gasteiger partial charge >= 0.3 is 0 Å². The van der Waals surface area contributed by atoms with Gasteiger partial charge in [-0.3, -0.25) is 0 Å². The van der Waals surface area contributed by atoms with Gasteiger partial charge in [-0.2, -0.15) is 0 Å². The third-order valence-electron chi connectivity index (χ3n) is 2.63. The first-order valence-electron chi connectivity index (χ1n) is 4.74. The number of halogens is 2. The maximum Gasteiger partial charge on any atom is 0.131 e. The monoisotopic (exact) mass is 339 g/mol. The van der Waals surface area contributed by atoms with E-state index in [2.05, 4.69) is 42.9 Å². The second-order valence-electron chi connectivity index (χ2n) is 3.66. The van der Waals surface area contributed by atoms with Gasteiger partial charge in [-0.15, -0.1) is 0 Å². The van der Waals surface area contributed by atoms with Crippen molar-refractivity contribution in [3.8, 4) is 5.75 Å². The summed E-state index contributed by atoms with van der Waals surface area (Å²) in [5.74, 6) is 0.248. The molecule has 0 aliphatic carbocycles. The second-order valence-corrected chi connectivity index (χ2v) is 5.43. The summed E-state index contributed by atoms with van der Waals surface area (Å²) in [6, 6.07) is 9.73. The number of aromatic hydroxyl groups is 1. The van der Waals surface area contributed by atoms with E-state index < -0.39 is 0 Å². The molecule has 0 aliphatic rings. The SMILES string of the molecule is Oc1cc2[nH]c3ccc(Br)cc3c2cc1Br. The number of fused-ring (bicyclic) bond motifs is 3. The topological polar surface area (TPSA) is 36.0 Å². The van der Waals surface area contributed by atoms with E-state index >= 15 is 0 Å². The van der Waals surface area contributed by atoms with Crippen LogP contribution in [0.5, 0.6) is 5.75 Å². The smallest absolute Gasteiger partial charge is 0.131 e. The van der Waals surface area contributed by atoms with Crippen LogP contribution in [0.1, 0.15) is 0 Å². The van der Waals surface area contributed by atoms with Crippen molar-refractivity contribution in [2.24, 2.45) is 0 Å². The summed E-state index contributed by atoms with van der Waals surface area (Å²) in [5.41, 5.74) is 2.00. The molecule has 2 N–H and O–H groups in total. The minimum absolute atomic E-state index is 0.248. The zero-order chi connectivity index (χ0) is 11.3. The van der Waals surface area contributed by atoms with E-state index in [0.29, 0.717) is 4.47 Å². The van der Waals surface area contributed by atoms with Crippen LogP contribution in [0.4, 0.5) is 0 Å². The lowest BCUT2D eigenvalue weighted by Crippen LogP contribution is -1.71. The van der Waals surface area contributed by atoms with E-state index in [9.17, 15) is 5.11 Å². The number of aromatic nitrogens is 1. The summed E-state index contributed by atoms with van der Waals surface area (Å²) < 4.78 is 1.76. The predicted octanol–water partition coefficient (Wildman–Crippen LogP) is 4.55. The fraction of sp³-hybridized carbons (Fsp3) is 0. The molecule has 0 radical (unpaired) electrons. The highest BCUT2D eigenvalue weighted by Crippen LogP contribution is 2.34. The van der Waals surface area contributed by atoms with Gasteiger partial charge in [0.05, 0.1) is 9.99 Å². The lowest BCUT2D eigenvalue weighted by atomic mass is 10.1. The molecule has 0 aliphatic heterocycles. The summed E-state index contributed by atoms with van der Waals surface area (Å²) in [4.78, 5) is 3.27. The van der Waals surface area contributed by atoms with E-state index in [0.717, 1.165) is 26.3 Å². The van der Waals surface area contributed by atoms with Gasteiger partial charge < -0.3 is 10.1 Å².